The zero-order valence-electron chi connectivity index (χ0n) is 12.8. The van der Waals surface area contributed by atoms with Crippen LogP contribution in [0.25, 0.3) is 0 Å². The summed E-state index contributed by atoms with van der Waals surface area (Å²) in [6.45, 7) is 7.12. The number of thiophene rings is 1. The average Bonchev–Trinajstić information content (AvgIpc) is 2.81. The Hall–Kier alpha value is 0.1000. The number of nitrogens with two attached hydrogens (primary N) is 1. The highest BCUT2D eigenvalue weighted by Gasteiger charge is 2.32. The van der Waals surface area contributed by atoms with Crippen LogP contribution in [0.1, 0.15) is 51.3 Å². The zero-order chi connectivity index (χ0) is 14.8. The highest BCUT2D eigenvalue weighted by molar-refractivity contribution is 9.10. The molecule has 1 aromatic heterocycles. The zero-order valence-corrected chi connectivity index (χ0v) is 15.2. The smallest absolute Gasteiger partial charge is 0.0287 e. The van der Waals surface area contributed by atoms with E-state index >= 15 is 0 Å². The minimum Gasteiger partial charge on any atom is -0.271 e. The standard InChI is InChI=1S/C16H27BrN2S/c1-16(2,3)12-6-4-11(5-7-12)15(19-18)9-14-8-13(17)10-20-14/h8,10-12,15,19H,4-7,9,18H2,1-3H3. The molecule has 1 aliphatic rings. The first-order valence-electron chi connectivity index (χ1n) is 7.59. The van der Waals surface area contributed by atoms with E-state index in [-0.39, 0.29) is 0 Å². The molecule has 2 nitrogen and oxygen atoms in total. The molecule has 3 N–H and O–H groups in total. The quantitative estimate of drug-likeness (QED) is 0.602. The fourth-order valence-electron chi connectivity index (χ4n) is 3.43. The molecule has 1 atom stereocenters. The van der Waals surface area contributed by atoms with E-state index in [4.69, 9.17) is 5.84 Å². The van der Waals surface area contributed by atoms with E-state index in [1.54, 1.807) is 0 Å². The fraction of sp³-hybridized carbons (Fsp3) is 0.750. The van der Waals surface area contributed by atoms with Gasteiger partial charge in [-0.25, -0.2) is 0 Å². The summed E-state index contributed by atoms with van der Waals surface area (Å²) in [4.78, 5) is 1.41. The monoisotopic (exact) mass is 358 g/mol. The molecule has 1 heterocycles. The minimum atomic E-state index is 0.418. The van der Waals surface area contributed by atoms with Gasteiger partial charge in [0.15, 0.2) is 0 Å². The molecule has 4 heteroatoms. The molecule has 0 saturated heterocycles. The number of nitrogens with one attached hydrogen (secondary N) is 1. The Kier molecular flexibility index (Phi) is 5.69. The molecule has 1 saturated carbocycles. The summed E-state index contributed by atoms with van der Waals surface area (Å²) in [5.41, 5.74) is 3.53. The molecule has 1 unspecified atom stereocenters. The Morgan fingerprint density at radius 3 is 2.45 bits per heavy atom. The fourth-order valence-corrected chi connectivity index (χ4v) is 4.94. The predicted octanol–water partition coefficient (Wildman–Crippen LogP) is 4.74. The summed E-state index contributed by atoms with van der Waals surface area (Å²) in [5.74, 6) is 7.41. The number of hydrazine groups is 1. The molecule has 20 heavy (non-hydrogen) atoms. The van der Waals surface area contributed by atoms with Gasteiger partial charge in [0, 0.05) is 20.8 Å². The largest absolute Gasteiger partial charge is 0.271 e. The molecular weight excluding hydrogens is 332 g/mol. The van der Waals surface area contributed by atoms with Crippen molar-refractivity contribution in [1.29, 1.82) is 0 Å². The molecule has 1 aliphatic carbocycles. The van der Waals surface area contributed by atoms with Gasteiger partial charge in [0.1, 0.15) is 0 Å². The second kappa shape index (κ2) is 6.91. The summed E-state index contributed by atoms with van der Waals surface area (Å²) in [6.07, 6.45) is 6.37. The van der Waals surface area contributed by atoms with Crippen LogP contribution in [0.5, 0.6) is 0 Å². The van der Waals surface area contributed by atoms with Gasteiger partial charge in [-0.2, -0.15) is 0 Å². The molecule has 0 amide bonds. The van der Waals surface area contributed by atoms with Crippen molar-refractivity contribution in [2.45, 2.75) is 58.9 Å². The van der Waals surface area contributed by atoms with E-state index in [9.17, 15) is 0 Å². The van der Waals surface area contributed by atoms with Crippen molar-refractivity contribution in [1.82, 2.24) is 5.43 Å². The average molecular weight is 359 g/mol. The SMILES string of the molecule is CC(C)(C)C1CCC(C(Cc2cc(Br)cs2)NN)CC1. The summed E-state index contributed by atoms with van der Waals surface area (Å²) < 4.78 is 1.18. The maximum atomic E-state index is 5.82. The van der Waals surface area contributed by atoms with E-state index < -0.39 is 0 Å². The maximum absolute atomic E-state index is 5.82. The molecule has 0 spiro atoms. The molecule has 2 rings (SSSR count). The lowest BCUT2D eigenvalue weighted by molar-refractivity contribution is 0.132. The number of hydrogen-bond acceptors (Lipinski definition) is 3. The molecule has 114 valence electrons. The van der Waals surface area contributed by atoms with Gasteiger partial charge in [0.05, 0.1) is 0 Å². The van der Waals surface area contributed by atoms with Gasteiger partial charge in [-0.1, -0.05) is 20.8 Å². The Morgan fingerprint density at radius 2 is 2.00 bits per heavy atom. The first-order valence-corrected chi connectivity index (χ1v) is 9.26. The van der Waals surface area contributed by atoms with Crippen molar-refractivity contribution >= 4 is 27.3 Å². The molecular formula is C16H27BrN2S. The number of hydrogen-bond donors (Lipinski definition) is 2. The van der Waals surface area contributed by atoms with Gasteiger partial charge in [-0.05, 0) is 71.4 Å². The van der Waals surface area contributed by atoms with Crippen molar-refractivity contribution in [3.63, 3.8) is 0 Å². The Balaban J connectivity index is 1.90. The highest BCUT2D eigenvalue weighted by Crippen LogP contribution is 2.41. The second-order valence-corrected chi connectivity index (χ2v) is 9.10. The van der Waals surface area contributed by atoms with E-state index in [0.29, 0.717) is 11.5 Å². The Labute approximate surface area is 135 Å². The van der Waals surface area contributed by atoms with E-state index in [1.807, 2.05) is 11.3 Å². The van der Waals surface area contributed by atoms with Crippen molar-refractivity contribution < 1.29 is 0 Å². The lowest BCUT2D eigenvalue weighted by atomic mass is 9.68. The molecule has 0 radical (unpaired) electrons. The third-order valence-electron chi connectivity index (χ3n) is 4.82. The van der Waals surface area contributed by atoms with Gasteiger partial charge in [0.25, 0.3) is 0 Å². The second-order valence-electron chi connectivity index (χ2n) is 7.19. The van der Waals surface area contributed by atoms with Crippen LogP contribution in [0.3, 0.4) is 0 Å². The third kappa shape index (κ3) is 4.30. The first kappa shape index (κ1) is 16.5. The lowest BCUT2D eigenvalue weighted by Gasteiger charge is -2.39. The molecule has 0 bridgehead atoms. The molecule has 0 aliphatic heterocycles. The summed E-state index contributed by atoms with van der Waals surface area (Å²) in [7, 11) is 0. The molecule has 1 aromatic rings. The summed E-state index contributed by atoms with van der Waals surface area (Å²) in [6, 6.07) is 2.64. The van der Waals surface area contributed by atoms with Crippen LogP contribution in [0, 0.1) is 17.3 Å². The summed E-state index contributed by atoms with van der Waals surface area (Å²) in [5, 5.41) is 2.15. The van der Waals surface area contributed by atoms with E-state index in [0.717, 1.165) is 18.3 Å². The van der Waals surface area contributed by atoms with Crippen LogP contribution in [-0.2, 0) is 6.42 Å². The van der Waals surface area contributed by atoms with Crippen LogP contribution in [0.4, 0.5) is 0 Å². The van der Waals surface area contributed by atoms with Crippen LogP contribution >= 0.6 is 27.3 Å². The van der Waals surface area contributed by atoms with Crippen molar-refractivity contribution in [2.24, 2.45) is 23.1 Å². The maximum Gasteiger partial charge on any atom is 0.0287 e. The van der Waals surface area contributed by atoms with Gasteiger partial charge in [0.2, 0.25) is 0 Å². The van der Waals surface area contributed by atoms with E-state index in [2.05, 4.69) is 53.6 Å². The predicted molar refractivity (Wildman–Crippen MR) is 91.7 cm³/mol. The van der Waals surface area contributed by atoms with Crippen LogP contribution in [0.15, 0.2) is 15.9 Å². The lowest BCUT2D eigenvalue weighted by Crippen LogP contribution is -2.44. The molecule has 1 fully saturated rings. The minimum absolute atomic E-state index is 0.418. The van der Waals surface area contributed by atoms with E-state index in [1.165, 1.54) is 35.0 Å². The first-order chi connectivity index (χ1) is 9.40. The van der Waals surface area contributed by atoms with Crippen LogP contribution in [0.2, 0.25) is 0 Å². The Bertz CT molecular complexity index is 416. The molecule has 0 aromatic carbocycles. The van der Waals surface area contributed by atoms with Gasteiger partial charge in [-0.15, -0.1) is 11.3 Å². The Morgan fingerprint density at radius 1 is 1.35 bits per heavy atom. The topological polar surface area (TPSA) is 38.0 Å². The van der Waals surface area contributed by atoms with Crippen molar-refractivity contribution in [2.75, 3.05) is 0 Å². The highest BCUT2D eigenvalue weighted by atomic mass is 79.9. The van der Waals surface area contributed by atoms with Crippen molar-refractivity contribution in [3.8, 4) is 0 Å². The number of halogens is 1. The van der Waals surface area contributed by atoms with Gasteiger partial charge in [-0.3, -0.25) is 11.3 Å². The third-order valence-corrected chi connectivity index (χ3v) is 6.54. The number of rotatable bonds is 4. The van der Waals surface area contributed by atoms with Crippen LogP contribution in [-0.4, -0.2) is 6.04 Å². The summed E-state index contributed by atoms with van der Waals surface area (Å²) >= 11 is 5.35. The van der Waals surface area contributed by atoms with Gasteiger partial charge >= 0.3 is 0 Å². The normalized spacial score (nSPS) is 25.6. The van der Waals surface area contributed by atoms with Gasteiger partial charge < -0.3 is 0 Å². The van der Waals surface area contributed by atoms with Crippen LogP contribution < -0.4 is 11.3 Å². The van der Waals surface area contributed by atoms with Crippen molar-refractivity contribution in [3.05, 3.63) is 20.8 Å².